The summed E-state index contributed by atoms with van der Waals surface area (Å²) in [4.78, 5) is 23.7. The number of benzene rings is 1. The molecule has 0 unspecified atom stereocenters. The maximum atomic E-state index is 11.3. The Kier molecular flexibility index (Phi) is 5.45. The van der Waals surface area contributed by atoms with E-state index in [-0.39, 0.29) is 0 Å². The third-order valence-electron chi connectivity index (χ3n) is 3.81. The summed E-state index contributed by atoms with van der Waals surface area (Å²) in [7, 11) is 0. The van der Waals surface area contributed by atoms with Crippen LogP contribution in [0.4, 0.5) is 0 Å². The Hall–Kier alpha value is -2.67. The Morgan fingerprint density at radius 2 is 2.00 bits per heavy atom. The van der Waals surface area contributed by atoms with Gasteiger partial charge in [-0.3, -0.25) is 4.79 Å². The molecule has 1 amide bonds. The fourth-order valence-electron chi connectivity index (χ4n) is 2.55. The van der Waals surface area contributed by atoms with Crippen LogP contribution in [0.5, 0.6) is 5.75 Å². The number of ether oxygens (including phenoxy) is 1. The number of nitrogens with two attached hydrogens (primary N) is 1. The molecule has 0 fully saturated rings. The second-order valence-corrected chi connectivity index (χ2v) is 5.90. The third kappa shape index (κ3) is 4.06. The molecule has 25 heavy (non-hydrogen) atoms. The number of imidazole rings is 1. The van der Waals surface area contributed by atoms with Gasteiger partial charge >= 0.3 is 0 Å². The van der Waals surface area contributed by atoms with Gasteiger partial charge in [-0.2, -0.15) is 0 Å². The predicted molar refractivity (Wildman–Crippen MR) is 94.6 cm³/mol. The standard InChI is InChI=1S/C17H18ClN5O2/c18-15-14-17(21-10-20-15)23(11-22-14)8-4-1-5-9-25-13-7-3-2-6-12(13)16(19)24/h2-3,6-7,10-11H,1,4-5,8-9H2,(H2,19,24). The van der Waals surface area contributed by atoms with Gasteiger partial charge in [-0.1, -0.05) is 23.7 Å². The van der Waals surface area contributed by atoms with Crippen molar-refractivity contribution < 1.29 is 9.53 Å². The number of carbonyl (C=O) groups excluding carboxylic acids is 1. The third-order valence-corrected chi connectivity index (χ3v) is 4.09. The Bertz CT molecular complexity index is 880. The van der Waals surface area contributed by atoms with Crippen LogP contribution in [0.1, 0.15) is 29.6 Å². The summed E-state index contributed by atoms with van der Waals surface area (Å²) in [5.74, 6) is 0.0465. The fourth-order valence-corrected chi connectivity index (χ4v) is 2.73. The molecule has 0 aliphatic carbocycles. The number of hydrogen-bond acceptors (Lipinski definition) is 5. The normalized spacial score (nSPS) is 10.9. The largest absolute Gasteiger partial charge is 0.493 e. The van der Waals surface area contributed by atoms with Crippen molar-refractivity contribution in [2.45, 2.75) is 25.8 Å². The Balaban J connectivity index is 1.45. The minimum atomic E-state index is -0.483. The molecule has 2 aromatic heterocycles. The van der Waals surface area contributed by atoms with E-state index in [9.17, 15) is 4.79 Å². The van der Waals surface area contributed by atoms with Crippen molar-refractivity contribution in [1.82, 2.24) is 19.5 Å². The molecule has 0 aliphatic rings. The Morgan fingerprint density at radius 1 is 1.16 bits per heavy atom. The van der Waals surface area contributed by atoms with Crippen LogP contribution in [-0.4, -0.2) is 32.0 Å². The molecule has 0 radical (unpaired) electrons. The van der Waals surface area contributed by atoms with Crippen LogP contribution in [0, 0.1) is 0 Å². The van der Waals surface area contributed by atoms with E-state index in [1.165, 1.54) is 6.33 Å². The van der Waals surface area contributed by atoms with E-state index in [0.717, 1.165) is 31.5 Å². The number of hydrogen-bond donors (Lipinski definition) is 1. The van der Waals surface area contributed by atoms with Crippen LogP contribution >= 0.6 is 11.6 Å². The van der Waals surface area contributed by atoms with E-state index in [4.69, 9.17) is 22.1 Å². The second kappa shape index (κ2) is 7.94. The highest BCUT2D eigenvalue weighted by Crippen LogP contribution is 2.19. The number of carbonyl (C=O) groups is 1. The van der Waals surface area contributed by atoms with Crippen molar-refractivity contribution in [2.24, 2.45) is 5.73 Å². The van der Waals surface area contributed by atoms with Gasteiger partial charge in [0, 0.05) is 6.54 Å². The number of primary amides is 1. The molecule has 8 heteroatoms. The summed E-state index contributed by atoms with van der Waals surface area (Å²) in [6.45, 7) is 1.32. The summed E-state index contributed by atoms with van der Waals surface area (Å²) >= 11 is 5.99. The fraction of sp³-hybridized carbons (Fsp3) is 0.294. The molecule has 3 rings (SSSR count). The average Bonchev–Trinajstić information content (AvgIpc) is 3.03. The predicted octanol–water partition coefficient (Wildman–Crippen LogP) is 2.83. The SMILES string of the molecule is NC(=O)c1ccccc1OCCCCCn1cnc2c(Cl)ncnc21. The van der Waals surface area contributed by atoms with Crippen molar-refractivity contribution >= 4 is 28.7 Å². The van der Waals surface area contributed by atoms with Gasteiger partial charge in [0.05, 0.1) is 18.5 Å². The molecule has 0 bridgehead atoms. The van der Waals surface area contributed by atoms with E-state index >= 15 is 0 Å². The molecule has 130 valence electrons. The molecule has 3 aromatic rings. The number of aryl methyl sites for hydroxylation is 1. The molecule has 2 heterocycles. The van der Waals surface area contributed by atoms with E-state index in [0.29, 0.717) is 28.6 Å². The molecule has 0 saturated carbocycles. The van der Waals surface area contributed by atoms with Crippen molar-refractivity contribution in [2.75, 3.05) is 6.61 Å². The number of nitrogens with zero attached hydrogens (tertiary/aromatic N) is 4. The molecule has 7 nitrogen and oxygen atoms in total. The quantitative estimate of drug-likeness (QED) is 0.492. The minimum absolute atomic E-state index is 0.366. The maximum absolute atomic E-state index is 11.3. The van der Waals surface area contributed by atoms with Gasteiger partial charge in [0.2, 0.25) is 0 Å². The second-order valence-electron chi connectivity index (χ2n) is 5.54. The zero-order valence-electron chi connectivity index (χ0n) is 13.6. The maximum Gasteiger partial charge on any atom is 0.252 e. The number of fused-ring (bicyclic) bond motifs is 1. The van der Waals surface area contributed by atoms with Gasteiger partial charge in [-0.05, 0) is 31.4 Å². The number of amides is 1. The van der Waals surface area contributed by atoms with Crippen LogP contribution in [-0.2, 0) is 6.54 Å². The van der Waals surface area contributed by atoms with Crippen LogP contribution in [0.3, 0.4) is 0 Å². The monoisotopic (exact) mass is 359 g/mol. The summed E-state index contributed by atoms with van der Waals surface area (Å²) in [5.41, 5.74) is 7.10. The van der Waals surface area contributed by atoms with E-state index in [2.05, 4.69) is 15.0 Å². The number of aromatic nitrogens is 4. The average molecular weight is 360 g/mol. The molecule has 0 saturated heterocycles. The van der Waals surface area contributed by atoms with Gasteiger partial charge in [0.1, 0.15) is 17.6 Å². The lowest BCUT2D eigenvalue weighted by Crippen LogP contribution is -2.13. The highest BCUT2D eigenvalue weighted by Gasteiger charge is 2.09. The molecule has 1 aromatic carbocycles. The van der Waals surface area contributed by atoms with Crippen molar-refractivity contribution in [3.63, 3.8) is 0 Å². The summed E-state index contributed by atoms with van der Waals surface area (Å²) in [6, 6.07) is 6.99. The zero-order chi connectivity index (χ0) is 17.6. The zero-order valence-corrected chi connectivity index (χ0v) is 14.3. The van der Waals surface area contributed by atoms with Gasteiger partial charge in [-0.25, -0.2) is 15.0 Å². The topological polar surface area (TPSA) is 95.9 Å². The lowest BCUT2D eigenvalue weighted by atomic mass is 10.2. The van der Waals surface area contributed by atoms with E-state index in [1.54, 1.807) is 24.5 Å². The van der Waals surface area contributed by atoms with Crippen LogP contribution in [0.25, 0.3) is 11.2 Å². The highest BCUT2D eigenvalue weighted by molar-refractivity contribution is 6.33. The van der Waals surface area contributed by atoms with Crippen molar-refractivity contribution in [3.05, 3.63) is 47.6 Å². The van der Waals surface area contributed by atoms with Crippen molar-refractivity contribution in [3.8, 4) is 5.75 Å². The molecular weight excluding hydrogens is 342 g/mol. The lowest BCUT2D eigenvalue weighted by Gasteiger charge is -2.09. The first-order valence-corrected chi connectivity index (χ1v) is 8.37. The first kappa shape index (κ1) is 17.2. The summed E-state index contributed by atoms with van der Waals surface area (Å²) in [5, 5.41) is 0.366. The first-order chi connectivity index (χ1) is 12.2. The van der Waals surface area contributed by atoms with Gasteiger partial charge < -0.3 is 15.0 Å². The molecule has 0 spiro atoms. The van der Waals surface area contributed by atoms with Gasteiger partial charge in [0.15, 0.2) is 10.8 Å². The van der Waals surface area contributed by atoms with Gasteiger partial charge in [0.25, 0.3) is 5.91 Å². The summed E-state index contributed by atoms with van der Waals surface area (Å²) in [6.07, 6.45) is 5.96. The molecule has 2 N–H and O–H groups in total. The molecule has 0 atom stereocenters. The number of rotatable bonds is 8. The van der Waals surface area contributed by atoms with Crippen LogP contribution < -0.4 is 10.5 Å². The Morgan fingerprint density at radius 3 is 2.84 bits per heavy atom. The van der Waals surface area contributed by atoms with Crippen molar-refractivity contribution in [1.29, 1.82) is 0 Å². The minimum Gasteiger partial charge on any atom is -0.493 e. The first-order valence-electron chi connectivity index (χ1n) is 8.00. The van der Waals surface area contributed by atoms with Gasteiger partial charge in [-0.15, -0.1) is 0 Å². The number of para-hydroxylation sites is 1. The Labute approximate surface area is 149 Å². The molecule has 0 aliphatic heterocycles. The summed E-state index contributed by atoms with van der Waals surface area (Å²) < 4.78 is 7.63. The number of unbranched alkanes of at least 4 members (excludes halogenated alkanes) is 2. The number of halogens is 1. The van der Waals surface area contributed by atoms with E-state index < -0.39 is 5.91 Å². The highest BCUT2D eigenvalue weighted by atomic mass is 35.5. The van der Waals surface area contributed by atoms with Crippen LogP contribution in [0.15, 0.2) is 36.9 Å². The smallest absolute Gasteiger partial charge is 0.252 e. The lowest BCUT2D eigenvalue weighted by molar-refractivity contribution is 0.0996. The molecular formula is C17H18ClN5O2. The van der Waals surface area contributed by atoms with E-state index in [1.807, 2.05) is 10.6 Å². The van der Waals surface area contributed by atoms with Crippen LogP contribution in [0.2, 0.25) is 5.15 Å².